The molecule has 6 nitrogen and oxygen atoms in total. The maximum absolute atomic E-state index is 12.9. The maximum Gasteiger partial charge on any atom is 0.257 e. The number of nitrogens with zero attached hydrogens (tertiary/aromatic N) is 2. The summed E-state index contributed by atoms with van der Waals surface area (Å²) in [6, 6.07) is 20.4. The first kappa shape index (κ1) is 22.3. The minimum absolute atomic E-state index is 0. The number of nitrogens with one attached hydrogen (secondary N) is 2. The highest BCUT2D eigenvalue weighted by Gasteiger charge is 2.26. The summed E-state index contributed by atoms with van der Waals surface area (Å²) in [5.74, 6) is -0.359. The molecule has 2 aromatic carbocycles. The van der Waals surface area contributed by atoms with Crippen LogP contribution in [-0.2, 0) is 4.79 Å². The quantitative estimate of drug-likeness (QED) is 0.612. The number of carbonyl (C=O) groups excluding carboxylic acids is 2. The van der Waals surface area contributed by atoms with Crippen molar-refractivity contribution in [2.75, 3.05) is 28.6 Å². The van der Waals surface area contributed by atoms with Crippen molar-refractivity contribution < 1.29 is 9.59 Å². The van der Waals surface area contributed by atoms with Crippen molar-refractivity contribution in [3.8, 4) is 0 Å². The molecule has 1 saturated heterocycles. The topological polar surface area (TPSA) is 74.3 Å². The molecule has 0 aliphatic carbocycles. The SMILES string of the molecule is Cl.O=C(Nc1ccccc1)c1ccccc1NC(=O)C1CCN(c2ccncc2)CC1. The molecule has 0 bridgehead atoms. The number of para-hydroxylation sites is 2. The minimum Gasteiger partial charge on any atom is -0.371 e. The lowest BCUT2D eigenvalue weighted by Gasteiger charge is -2.33. The van der Waals surface area contributed by atoms with Gasteiger partial charge in [0.2, 0.25) is 5.91 Å². The Morgan fingerprint density at radius 3 is 2.19 bits per heavy atom. The molecule has 0 saturated carbocycles. The number of carbonyl (C=O) groups is 2. The van der Waals surface area contributed by atoms with E-state index in [0.29, 0.717) is 16.9 Å². The highest BCUT2D eigenvalue weighted by molar-refractivity contribution is 6.10. The lowest BCUT2D eigenvalue weighted by atomic mass is 9.95. The van der Waals surface area contributed by atoms with Gasteiger partial charge in [0, 0.05) is 42.8 Å². The van der Waals surface area contributed by atoms with E-state index < -0.39 is 0 Å². The molecular formula is C24H25ClN4O2. The van der Waals surface area contributed by atoms with Crippen molar-refractivity contribution in [1.82, 2.24) is 4.98 Å². The van der Waals surface area contributed by atoms with E-state index in [1.54, 1.807) is 30.6 Å². The van der Waals surface area contributed by atoms with Gasteiger partial charge in [0.05, 0.1) is 11.3 Å². The van der Waals surface area contributed by atoms with Crippen LogP contribution in [0.15, 0.2) is 79.1 Å². The van der Waals surface area contributed by atoms with Crippen molar-refractivity contribution >= 4 is 41.3 Å². The molecule has 0 spiro atoms. The molecule has 0 radical (unpaired) electrons. The molecule has 7 heteroatoms. The van der Waals surface area contributed by atoms with Gasteiger partial charge in [0.15, 0.2) is 0 Å². The van der Waals surface area contributed by atoms with Crippen LogP contribution in [0.1, 0.15) is 23.2 Å². The van der Waals surface area contributed by atoms with Gasteiger partial charge in [-0.2, -0.15) is 0 Å². The van der Waals surface area contributed by atoms with Crippen molar-refractivity contribution in [3.05, 3.63) is 84.7 Å². The van der Waals surface area contributed by atoms with Gasteiger partial charge >= 0.3 is 0 Å². The van der Waals surface area contributed by atoms with Gasteiger partial charge in [-0.15, -0.1) is 12.4 Å². The third kappa shape index (κ3) is 5.61. The van der Waals surface area contributed by atoms with Crippen molar-refractivity contribution in [2.24, 2.45) is 5.92 Å². The Labute approximate surface area is 188 Å². The second-order valence-electron chi connectivity index (χ2n) is 7.32. The highest BCUT2D eigenvalue weighted by atomic mass is 35.5. The molecule has 1 fully saturated rings. The van der Waals surface area contributed by atoms with Crippen LogP contribution in [0.5, 0.6) is 0 Å². The first-order valence-electron chi connectivity index (χ1n) is 10.1. The third-order valence-electron chi connectivity index (χ3n) is 5.35. The summed E-state index contributed by atoms with van der Waals surface area (Å²) in [6.45, 7) is 1.64. The Hall–Kier alpha value is -3.38. The van der Waals surface area contributed by atoms with Crippen LogP contribution in [0.2, 0.25) is 0 Å². The number of hydrogen-bond donors (Lipinski definition) is 2. The predicted molar refractivity (Wildman–Crippen MR) is 126 cm³/mol. The van der Waals surface area contributed by atoms with E-state index in [1.165, 1.54) is 0 Å². The second-order valence-corrected chi connectivity index (χ2v) is 7.32. The van der Waals surface area contributed by atoms with Crippen LogP contribution in [0.4, 0.5) is 17.1 Å². The first-order chi connectivity index (χ1) is 14.7. The smallest absolute Gasteiger partial charge is 0.257 e. The average molecular weight is 437 g/mol. The molecular weight excluding hydrogens is 412 g/mol. The highest BCUT2D eigenvalue weighted by Crippen LogP contribution is 2.25. The van der Waals surface area contributed by atoms with Crippen LogP contribution >= 0.6 is 12.4 Å². The summed E-state index contributed by atoms with van der Waals surface area (Å²) >= 11 is 0. The first-order valence-corrected chi connectivity index (χ1v) is 10.1. The normalized spacial score (nSPS) is 13.7. The van der Waals surface area contributed by atoms with E-state index >= 15 is 0 Å². The average Bonchev–Trinajstić information content (AvgIpc) is 2.81. The summed E-state index contributed by atoms with van der Waals surface area (Å²) in [5.41, 5.74) is 2.83. The molecule has 0 atom stereocenters. The second kappa shape index (κ2) is 10.6. The van der Waals surface area contributed by atoms with Crippen LogP contribution < -0.4 is 15.5 Å². The van der Waals surface area contributed by atoms with E-state index in [1.807, 2.05) is 48.5 Å². The Kier molecular flexibility index (Phi) is 7.62. The van der Waals surface area contributed by atoms with Crippen molar-refractivity contribution in [2.45, 2.75) is 12.8 Å². The molecule has 2 amide bonds. The Morgan fingerprint density at radius 1 is 0.839 bits per heavy atom. The summed E-state index contributed by atoms with van der Waals surface area (Å²) < 4.78 is 0. The fourth-order valence-corrected chi connectivity index (χ4v) is 3.70. The minimum atomic E-state index is -0.246. The zero-order valence-corrected chi connectivity index (χ0v) is 17.8. The summed E-state index contributed by atoms with van der Waals surface area (Å²) in [7, 11) is 0. The lowest BCUT2D eigenvalue weighted by Crippen LogP contribution is -2.38. The molecule has 31 heavy (non-hydrogen) atoms. The summed E-state index contributed by atoms with van der Waals surface area (Å²) in [4.78, 5) is 31.9. The van der Waals surface area contributed by atoms with E-state index in [2.05, 4.69) is 20.5 Å². The third-order valence-corrected chi connectivity index (χ3v) is 5.35. The zero-order chi connectivity index (χ0) is 20.8. The number of anilines is 3. The fourth-order valence-electron chi connectivity index (χ4n) is 3.70. The molecule has 160 valence electrons. The molecule has 4 rings (SSSR count). The summed E-state index contributed by atoms with van der Waals surface area (Å²) in [5, 5.41) is 5.85. The molecule has 1 aliphatic rings. The Bertz CT molecular complexity index is 1010. The number of benzene rings is 2. The van der Waals surface area contributed by atoms with Crippen LogP contribution in [0.25, 0.3) is 0 Å². The number of hydrogen-bond acceptors (Lipinski definition) is 4. The number of amides is 2. The van der Waals surface area contributed by atoms with Crippen molar-refractivity contribution in [1.29, 1.82) is 0 Å². The maximum atomic E-state index is 12.9. The fraction of sp³-hybridized carbons (Fsp3) is 0.208. The van der Waals surface area contributed by atoms with Gasteiger partial charge in [0.1, 0.15) is 0 Å². The predicted octanol–water partition coefficient (Wildman–Crippen LogP) is 4.61. The summed E-state index contributed by atoms with van der Waals surface area (Å²) in [6.07, 6.45) is 5.11. The molecule has 0 unspecified atom stereocenters. The monoisotopic (exact) mass is 436 g/mol. The van der Waals surface area contributed by atoms with E-state index in [9.17, 15) is 9.59 Å². The molecule has 2 N–H and O–H groups in total. The van der Waals surface area contributed by atoms with E-state index in [0.717, 1.165) is 31.6 Å². The number of piperidine rings is 1. The van der Waals surface area contributed by atoms with E-state index in [-0.39, 0.29) is 30.1 Å². The Morgan fingerprint density at radius 2 is 1.48 bits per heavy atom. The largest absolute Gasteiger partial charge is 0.371 e. The van der Waals surface area contributed by atoms with Gasteiger partial charge < -0.3 is 15.5 Å². The van der Waals surface area contributed by atoms with Crippen LogP contribution in [0, 0.1) is 5.92 Å². The number of aromatic nitrogens is 1. The zero-order valence-electron chi connectivity index (χ0n) is 17.0. The number of rotatable bonds is 5. The molecule has 1 aliphatic heterocycles. The van der Waals surface area contributed by atoms with Gasteiger partial charge in [-0.25, -0.2) is 0 Å². The van der Waals surface area contributed by atoms with Crippen LogP contribution in [-0.4, -0.2) is 29.9 Å². The van der Waals surface area contributed by atoms with Gasteiger partial charge in [-0.3, -0.25) is 14.6 Å². The van der Waals surface area contributed by atoms with Gasteiger partial charge in [-0.1, -0.05) is 30.3 Å². The Balaban J connectivity index is 0.00000272. The number of halogens is 1. The molecule has 1 aromatic heterocycles. The molecule has 3 aromatic rings. The van der Waals surface area contributed by atoms with Gasteiger partial charge in [-0.05, 0) is 49.2 Å². The number of pyridine rings is 1. The van der Waals surface area contributed by atoms with Crippen molar-refractivity contribution in [3.63, 3.8) is 0 Å². The standard InChI is InChI=1S/C24H24N4O2.ClH/c29-23(18-12-16-28(17-13-18)20-10-14-25-15-11-20)27-22-9-5-4-8-21(22)24(30)26-19-6-2-1-3-7-19;/h1-11,14-15,18H,12-13,16-17H2,(H,26,30)(H,27,29);1H. The van der Waals surface area contributed by atoms with E-state index in [4.69, 9.17) is 0 Å². The van der Waals surface area contributed by atoms with Gasteiger partial charge in [0.25, 0.3) is 5.91 Å². The molecule has 2 heterocycles. The lowest BCUT2D eigenvalue weighted by molar-refractivity contribution is -0.120. The van der Waals surface area contributed by atoms with Crippen LogP contribution in [0.3, 0.4) is 0 Å².